The Balaban J connectivity index is 1.90. The number of benzene rings is 2. The summed E-state index contributed by atoms with van der Waals surface area (Å²) >= 11 is 6.11. The van der Waals surface area contributed by atoms with Gasteiger partial charge in [0.15, 0.2) is 0 Å². The number of carbonyl (C=O) groups excluding carboxylic acids is 1. The van der Waals surface area contributed by atoms with Gasteiger partial charge in [-0.3, -0.25) is 14.1 Å². The maximum absolute atomic E-state index is 13.4. The van der Waals surface area contributed by atoms with Crippen molar-refractivity contribution < 1.29 is 13.2 Å². The normalized spacial score (nSPS) is 11.5. The molecule has 1 amide bonds. The maximum atomic E-state index is 13.4. The van der Waals surface area contributed by atoms with Gasteiger partial charge in [0.1, 0.15) is 6.54 Å². The van der Waals surface area contributed by atoms with Crippen LogP contribution in [0.4, 0.5) is 5.69 Å². The fraction of sp³-hybridized carbons (Fsp3) is 0.136. The summed E-state index contributed by atoms with van der Waals surface area (Å²) < 4.78 is 27.8. The van der Waals surface area contributed by atoms with E-state index in [1.165, 1.54) is 24.4 Å². The van der Waals surface area contributed by atoms with Crippen LogP contribution in [0.3, 0.4) is 0 Å². The lowest BCUT2D eigenvalue weighted by Crippen LogP contribution is -2.40. The molecule has 2 aromatic carbocycles. The van der Waals surface area contributed by atoms with Crippen molar-refractivity contribution >= 4 is 39.4 Å². The van der Waals surface area contributed by atoms with Crippen molar-refractivity contribution in [1.29, 1.82) is 0 Å². The first kappa shape index (κ1) is 22.5. The van der Waals surface area contributed by atoms with Crippen LogP contribution >= 0.6 is 11.6 Å². The van der Waals surface area contributed by atoms with Crippen molar-refractivity contribution in [2.75, 3.05) is 10.8 Å². The summed E-state index contributed by atoms with van der Waals surface area (Å²) in [4.78, 5) is 16.7. The van der Waals surface area contributed by atoms with Crippen molar-refractivity contribution in [2.45, 2.75) is 18.7 Å². The Hall–Kier alpha value is -3.23. The average Bonchev–Trinajstić information content (AvgIpc) is 2.75. The lowest BCUT2D eigenvalue weighted by Gasteiger charge is -2.25. The Morgan fingerprint density at radius 1 is 1.13 bits per heavy atom. The molecule has 3 rings (SSSR count). The quantitative estimate of drug-likeness (QED) is 0.433. The topological polar surface area (TPSA) is 91.7 Å². The largest absolute Gasteiger partial charge is 0.271 e. The predicted molar refractivity (Wildman–Crippen MR) is 122 cm³/mol. The number of aryl methyl sites for hydroxylation is 2. The third-order valence-corrected chi connectivity index (χ3v) is 6.42. The molecule has 1 N–H and O–H groups in total. The van der Waals surface area contributed by atoms with Crippen molar-refractivity contribution in [3.8, 4) is 0 Å². The van der Waals surface area contributed by atoms with E-state index in [2.05, 4.69) is 15.5 Å². The van der Waals surface area contributed by atoms with Gasteiger partial charge in [0.2, 0.25) is 0 Å². The summed E-state index contributed by atoms with van der Waals surface area (Å²) in [5.41, 5.74) is 4.80. The monoisotopic (exact) mass is 456 g/mol. The van der Waals surface area contributed by atoms with Crippen LogP contribution < -0.4 is 9.73 Å². The number of rotatable bonds is 7. The molecule has 0 radical (unpaired) electrons. The maximum Gasteiger partial charge on any atom is 0.264 e. The third kappa shape index (κ3) is 5.68. The first-order chi connectivity index (χ1) is 14.8. The Kier molecular flexibility index (Phi) is 7.04. The summed E-state index contributed by atoms with van der Waals surface area (Å²) in [5.74, 6) is -0.609. The fourth-order valence-electron chi connectivity index (χ4n) is 2.78. The van der Waals surface area contributed by atoms with Gasteiger partial charge in [-0.2, -0.15) is 5.10 Å². The minimum atomic E-state index is -4.03. The SMILES string of the molecule is Cc1ccc(S(=O)(=O)N(CC(=O)NN=Cc2ccccn2)c2cc(Cl)ccc2C)cc1. The van der Waals surface area contributed by atoms with Crippen LogP contribution in [0.1, 0.15) is 16.8 Å². The van der Waals surface area contributed by atoms with Crippen LogP contribution in [0.2, 0.25) is 5.02 Å². The lowest BCUT2D eigenvalue weighted by atomic mass is 10.2. The average molecular weight is 457 g/mol. The first-order valence-corrected chi connectivity index (χ1v) is 11.2. The Morgan fingerprint density at radius 2 is 1.87 bits per heavy atom. The van der Waals surface area contributed by atoms with E-state index < -0.39 is 22.5 Å². The molecule has 0 fully saturated rings. The molecule has 31 heavy (non-hydrogen) atoms. The van der Waals surface area contributed by atoms with E-state index in [0.717, 1.165) is 9.87 Å². The van der Waals surface area contributed by atoms with E-state index in [0.29, 0.717) is 22.0 Å². The zero-order chi connectivity index (χ0) is 22.4. The molecule has 1 heterocycles. The van der Waals surface area contributed by atoms with Crippen molar-refractivity contribution in [2.24, 2.45) is 5.10 Å². The van der Waals surface area contributed by atoms with E-state index in [4.69, 9.17) is 11.6 Å². The highest BCUT2D eigenvalue weighted by molar-refractivity contribution is 7.92. The lowest BCUT2D eigenvalue weighted by molar-refractivity contribution is -0.119. The number of nitrogens with zero attached hydrogens (tertiary/aromatic N) is 3. The van der Waals surface area contributed by atoms with Gasteiger partial charge in [0.25, 0.3) is 15.9 Å². The Labute approximate surface area is 186 Å². The molecule has 0 saturated carbocycles. The minimum Gasteiger partial charge on any atom is -0.271 e. The fourth-order valence-corrected chi connectivity index (χ4v) is 4.42. The zero-order valence-electron chi connectivity index (χ0n) is 17.0. The van der Waals surface area contributed by atoms with Crippen molar-refractivity contribution in [3.05, 3.63) is 88.7 Å². The second-order valence-electron chi connectivity index (χ2n) is 6.80. The third-order valence-electron chi connectivity index (χ3n) is 4.41. The van der Waals surface area contributed by atoms with Gasteiger partial charge in [0, 0.05) is 11.2 Å². The number of hydrogen-bond donors (Lipinski definition) is 1. The number of halogens is 1. The highest BCUT2D eigenvalue weighted by Crippen LogP contribution is 2.29. The zero-order valence-corrected chi connectivity index (χ0v) is 18.6. The van der Waals surface area contributed by atoms with Crippen LogP contribution in [-0.2, 0) is 14.8 Å². The molecule has 0 aliphatic rings. The summed E-state index contributed by atoms with van der Waals surface area (Å²) in [6.07, 6.45) is 2.97. The molecule has 3 aromatic rings. The molecule has 1 aromatic heterocycles. The molecule has 0 spiro atoms. The van der Waals surface area contributed by atoms with Crippen LogP contribution in [0.25, 0.3) is 0 Å². The molecule has 0 aliphatic heterocycles. The van der Waals surface area contributed by atoms with E-state index in [1.807, 2.05) is 6.92 Å². The van der Waals surface area contributed by atoms with Gasteiger partial charge in [-0.25, -0.2) is 13.8 Å². The van der Waals surface area contributed by atoms with Gasteiger partial charge >= 0.3 is 0 Å². The van der Waals surface area contributed by atoms with Crippen LogP contribution in [0, 0.1) is 13.8 Å². The van der Waals surface area contributed by atoms with Gasteiger partial charge in [-0.1, -0.05) is 41.4 Å². The predicted octanol–water partition coefficient (Wildman–Crippen LogP) is 3.70. The van der Waals surface area contributed by atoms with Crippen molar-refractivity contribution in [3.63, 3.8) is 0 Å². The molecule has 0 saturated heterocycles. The van der Waals surface area contributed by atoms with E-state index in [1.54, 1.807) is 55.6 Å². The van der Waals surface area contributed by atoms with Crippen molar-refractivity contribution in [1.82, 2.24) is 10.4 Å². The molecular weight excluding hydrogens is 436 g/mol. The van der Waals surface area contributed by atoms with Gasteiger partial charge in [-0.15, -0.1) is 0 Å². The Bertz CT molecular complexity index is 1200. The standard InChI is InChI=1S/C22H21ClN4O3S/c1-16-6-10-20(11-7-16)31(29,30)27(21-13-18(23)9-8-17(21)2)15-22(28)26-25-14-19-5-3-4-12-24-19/h3-14H,15H2,1-2H3,(H,26,28). The van der Waals surface area contributed by atoms with Crippen LogP contribution in [0.5, 0.6) is 0 Å². The smallest absolute Gasteiger partial charge is 0.264 e. The summed E-state index contributed by atoms with van der Waals surface area (Å²) in [5, 5.41) is 4.22. The minimum absolute atomic E-state index is 0.0715. The summed E-state index contributed by atoms with van der Waals surface area (Å²) in [7, 11) is -4.03. The highest BCUT2D eigenvalue weighted by Gasteiger charge is 2.28. The number of anilines is 1. The van der Waals surface area contributed by atoms with Crippen LogP contribution in [0.15, 0.2) is 76.9 Å². The van der Waals surface area contributed by atoms with E-state index in [9.17, 15) is 13.2 Å². The van der Waals surface area contributed by atoms with Gasteiger partial charge < -0.3 is 0 Å². The summed E-state index contributed by atoms with van der Waals surface area (Å²) in [6, 6.07) is 16.6. The van der Waals surface area contributed by atoms with Gasteiger partial charge in [-0.05, 0) is 55.8 Å². The van der Waals surface area contributed by atoms with Gasteiger partial charge in [0.05, 0.1) is 22.5 Å². The Morgan fingerprint density at radius 3 is 2.55 bits per heavy atom. The second kappa shape index (κ2) is 9.72. The molecule has 0 aliphatic carbocycles. The molecule has 0 unspecified atom stereocenters. The number of aromatic nitrogens is 1. The molecule has 0 atom stereocenters. The number of hydrogen-bond acceptors (Lipinski definition) is 5. The number of nitrogens with one attached hydrogen (secondary N) is 1. The number of amides is 1. The molecule has 7 nitrogen and oxygen atoms in total. The number of pyridine rings is 1. The highest BCUT2D eigenvalue weighted by atomic mass is 35.5. The number of hydrazone groups is 1. The second-order valence-corrected chi connectivity index (χ2v) is 9.10. The molecule has 0 bridgehead atoms. The number of sulfonamides is 1. The molecular formula is C22H21ClN4O3S. The van der Waals surface area contributed by atoms with E-state index >= 15 is 0 Å². The van der Waals surface area contributed by atoms with E-state index in [-0.39, 0.29) is 4.90 Å². The first-order valence-electron chi connectivity index (χ1n) is 9.36. The molecule has 9 heteroatoms. The molecule has 160 valence electrons. The summed E-state index contributed by atoms with van der Waals surface area (Å²) in [6.45, 7) is 3.14. The number of carbonyl (C=O) groups is 1. The van der Waals surface area contributed by atoms with Crippen LogP contribution in [-0.4, -0.2) is 32.1 Å².